The van der Waals surface area contributed by atoms with Crippen LogP contribution in [0, 0.1) is 0 Å². The van der Waals surface area contributed by atoms with E-state index in [0.29, 0.717) is 18.0 Å². The Labute approximate surface area is 185 Å². The van der Waals surface area contributed by atoms with E-state index in [4.69, 9.17) is 9.47 Å². The van der Waals surface area contributed by atoms with E-state index < -0.39 is 33.3 Å². The number of likely N-dealkylation sites (N-methyl/N-ethyl adjacent to an activating group) is 1. The molecule has 0 heterocycles. The lowest BCUT2D eigenvalue weighted by Crippen LogP contribution is -2.44. The minimum Gasteiger partial charge on any atom is -0.491 e. The second-order valence-corrected chi connectivity index (χ2v) is 10.5. The van der Waals surface area contributed by atoms with Crippen molar-refractivity contribution in [1.29, 1.82) is 0 Å². The van der Waals surface area contributed by atoms with Gasteiger partial charge in [-0.3, -0.25) is 14.3 Å². The third kappa shape index (κ3) is 11.6. The summed E-state index contributed by atoms with van der Waals surface area (Å²) in [5.41, 5.74) is -0.386. The van der Waals surface area contributed by atoms with E-state index >= 15 is 0 Å². The van der Waals surface area contributed by atoms with Crippen LogP contribution in [-0.2, 0) is 24.3 Å². The molecule has 0 saturated heterocycles. The maximum Gasteiger partial charge on any atom is 0.326 e. The van der Waals surface area contributed by atoms with Crippen molar-refractivity contribution in [3.05, 3.63) is 24.3 Å². The average Bonchev–Trinajstić information content (AvgIpc) is 2.57. The molecule has 0 saturated carbocycles. The molecule has 10 heteroatoms. The monoisotopic (exact) mass is 457 g/mol. The van der Waals surface area contributed by atoms with Crippen LogP contribution in [0.1, 0.15) is 34.6 Å². The lowest BCUT2D eigenvalue weighted by atomic mass is 10.2. The van der Waals surface area contributed by atoms with E-state index in [1.54, 1.807) is 45.0 Å². The van der Waals surface area contributed by atoms with E-state index in [9.17, 15) is 18.0 Å². The number of ether oxygens (including phenoxy) is 2. The number of nitrogens with one attached hydrogen (secondary N) is 1. The summed E-state index contributed by atoms with van der Waals surface area (Å²) < 4.78 is 38.2. The summed E-state index contributed by atoms with van der Waals surface area (Å²) in [6.45, 7) is 9.30. The van der Waals surface area contributed by atoms with Gasteiger partial charge in [-0.25, -0.2) is 8.42 Å². The van der Waals surface area contributed by atoms with Gasteiger partial charge in [0.1, 0.15) is 23.6 Å². The number of anilines is 1. The Kier molecular flexibility index (Phi) is 9.76. The SMILES string of the molecule is CC(C)Oc1ccc(NS(=O)(=O)CC(=O)N(CCN(C)C)CC(=O)OC(C)(C)C)cc1. The number of carbonyl (C=O) groups is 2. The van der Waals surface area contributed by atoms with Crippen LogP contribution in [0.3, 0.4) is 0 Å². The minimum absolute atomic E-state index is 0.00159. The second-order valence-electron chi connectivity index (χ2n) is 8.76. The van der Waals surface area contributed by atoms with Gasteiger partial charge in [-0.15, -0.1) is 0 Å². The van der Waals surface area contributed by atoms with E-state index in [2.05, 4.69) is 4.72 Å². The number of rotatable bonds is 11. The van der Waals surface area contributed by atoms with Crippen molar-refractivity contribution >= 4 is 27.6 Å². The molecular formula is C21H35N3O6S. The minimum atomic E-state index is -3.97. The van der Waals surface area contributed by atoms with E-state index in [1.807, 2.05) is 32.8 Å². The van der Waals surface area contributed by atoms with Crippen LogP contribution >= 0.6 is 0 Å². The number of benzene rings is 1. The zero-order chi connectivity index (χ0) is 23.8. The van der Waals surface area contributed by atoms with Gasteiger partial charge >= 0.3 is 5.97 Å². The second kappa shape index (κ2) is 11.3. The van der Waals surface area contributed by atoms with Gasteiger partial charge in [-0.1, -0.05) is 0 Å². The highest BCUT2D eigenvalue weighted by Gasteiger charge is 2.26. The molecule has 1 aromatic carbocycles. The molecule has 0 radical (unpaired) electrons. The maximum absolute atomic E-state index is 12.7. The fraction of sp³-hybridized carbons (Fsp3) is 0.619. The molecule has 0 fully saturated rings. The molecule has 0 aliphatic rings. The summed E-state index contributed by atoms with van der Waals surface area (Å²) in [4.78, 5) is 27.9. The normalized spacial score (nSPS) is 12.0. The number of esters is 1. The van der Waals surface area contributed by atoms with Crippen molar-refractivity contribution in [1.82, 2.24) is 9.80 Å². The summed E-state index contributed by atoms with van der Waals surface area (Å²) in [6, 6.07) is 6.41. The Morgan fingerprint density at radius 2 is 1.65 bits per heavy atom. The van der Waals surface area contributed by atoms with Crippen molar-refractivity contribution in [2.45, 2.75) is 46.3 Å². The highest BCUT2D eigenvalue weighted by molar-refractivity contribution is 7.93. The van der Waals surface area contributed by atoms with Gasteiger partial charge in [0, 0.05) is 18.8 Å². The van der Waals surface area contributed by atoms with Crippen LogP contribution in [-0.4, -0.2) is 81.3 Å². The van der Waals surface area contributed by atoms with Crippen LogP contribution in [0.25, 0.3) is 0 Å². The summed E-state index contributed by atoms with van der Waals surface area (Å²) in [7, 11) is -0.331. The molecule has 9 nitrogen and oxygen atoms in total. The fourth-order valence-electron chi connectivity index (χ4n) is 2.49. The lowest BCUT2D eigenvalue weighted by Gasteiger charge is -2.26. The van der Waals surface area contributed by atoms with Crippen LogP contribution in [0.15, 0.2) is 24.3 Å². The van der Waals surface area contributed by atoms with E-state index in [1.165, 1.54) is 4.90 Å². The molecule has 1 amide bonds. The van der Waals surface area contributed by atoms with Gasteiger partial charge in [-0.05, 0) is 73.0 Å². The predicted molar refractivity (Wildman–Crippen MR) is 121 cm³/mol. The van der Waals surface area contributed by atoms with Gasteiger partial charge < -0.3 is 19.3 Å². The molecule has 176 valence electrons. The van der Waals surface area contributed by atoms with Crippen LogP contribution in [0.2, 0.25) is 0 Å². The van der Waals surface area contributed by atoms with Gasteiger partial charge in [0.25, 0.3) is 0 Å². The Bertz CT molecular complexity index is 830. The first-order valence-corrected chi connectivity index (χ1v) is 11.7. The largest absolute Gasteiger partial charge is 0.491 e. The van der Waals surface area contributed by atoms with Crippen molar-refractivity contribution in [3.63, 3.8) is 0 Å². The molecule has 0 aliphatic heterocycles. The molecule has 1 rings (SSSR count). The molecule has 1 N–H and O–H groups in total. The van der Waals surface area contributed by atoms with Crippen molar-refractivity contribution in [3.8, 4) is 5.75 Å². The number of carbonyl (C=O) groups excluding carboxylic acids is 2. The molecule has 0 aliphatic carbocycles. The van der Waals surface area contributed by atoms with Gasteiger partial charge in [0.05, 0.1) is 6.10 Å². The van der Waals surface area contributed by atoms with Crippen molar-refractivity contribution in [2.24, 2.45) is 0 Å². The first-order chi connectivity index (χ1) is 14.2. The van der Waals surface area contributed by atoms with E-state index in [-0.39, 0.29) is 19.2 Å². The summed E-state index contributed by atoms with van der Waals surface area (Å²) in [5.74, 6) is -1.44. The van der Waals surface area contributed by atoms with Crippen LogP contribution < -0.4 is 9.46 Å². The number of sulfonamides is 1. The lowest BCUT2D eigenvalue weighted by molar-refractivity contribution is -0.158. The summed E-state index contributed by atoms with van der Waals surface area (Å²) >= 11 is 0. The molecule has 0 unspecified atom stereocenters. The molecule has 1 aromatic rings. The molecule has 0 spiro atoms. The van der Waals surface area contributed by atoms with Gasteiger partial charge in [0.2, 0.25) is 15.9 Å². The maximum atomic E-state index is 12.7. The predicted octanol–water partition coefficient (Wildman–Crippen LogP) is 1.95. The van der Waals surface area contributed by atoms with Crippen LogP contribution in [0.5, 0.6) is 5.75 Å². The average molecular weight is 458 g/mol. The third-order valence-corrected chi connectivity index (χ3v) is 4.90. The molecule has 0 atom stereocenters. The molecule has 0 aromatic heterocycles. The zero-order valence-corrected chi connectivity index (χ0v) is 20.3. The summed E-state index contributed by atoms with van der Waals surface area (Å²) in [6.07, 6.45) is -0.00159. The van der Waals surface area contributed by atoms with Gasteiger partial charge in [-0.2, -0.15) is 0 Å². The first kappa shape index (κ1) is 26.7. The van der Waals surface area contributed by atoms with Crippen LogP contribution in [0.4, 0.5) is 5.69 Å². The number of amides is 1. The molecule has 31 heavy (non-hydrogen) atoms. The Morgan fingerprint density at radius 1 is 1.06 bits per heavy atom. The standard InChI is InChI=1S/C21H35N3O6S/c1-16(2)29-18-10-8-17(9-11-18)22-31(27,28)15-19(25)24(13-12-23(6)7)14-20(26)30-21(3,4)5/h8-11,16,22H,12-15H2,1-7H3. The Balaban J connectivity index is 2.82. The van der Waals surface area contributed by atoms with Crippen molar-refractivity contribution in [2.75, 3.05) is 44.2 Å². The Hall–Kier alpha value is -2.33. The number of hydrogen-bond acceptors (Lipinski definition) is 7. The van der Waals surface area contributed by atoms with Crippen molar-refractivity contribution < 1.29 is 27.5 Å². The fourth-order valence-corrected chi connectivity index (χ4v) is 3.56. The quantitative estimate of drug-likeness (QED) is 0.506. The highest BCUT2D eigenvalue weighted by Crippen LogP contribution is 2.18. The van der Waals surface area contributed by atoms with Gasteiger partial charge in [0.15, 0.2) is 0 Å². The first-order valence-electron chi connectivity index (χ1n) is 10.1. The highest BCUT2D eigenvalue weighted by atomic mass is 32.2. The topological polar surface area (TPSA) is 105 Å². The number of hydrogen-bond donors (Lipinski definition) is 1. The zero-order valence-electron chi connectivity index (χ0n) is 19.5. The van der Waals surface area contributed by atoms with E-state index in [0.717, 1.165) is 0 Å². The Morgan fingerprint density at radius 3 is 2.13 bits per heavy atom. The summed E-state index contributed by atoms with van der Waals surface area (Å²) in [5, 5.41) is 0. The third-order valence-electron chi connectivity index (χ3n) is 3.72. The molecular weight excluding hydrogens is 422 g/mol. The molecule has 0 bridgehead atoms. The number of nitrogens with zero attached hydrogens (tertiary/aromatic N) is 2. The smallest absolute Gasteiger partial charge is 0.326 e.